The number of carboxylic acid groups (broad SMARTS) is 1. The molecular formula is C37H76BrNO4. The van der Waals surface area contributed by atoms with E-state index in [1.54, 1.807) is 0 Å². The molecule has 0 bridgehead atoms. The molecule has 260 valence electrons. The molecule has 0 amide bonds. The van der Waals surface area contributed by atoms with Crippen molar-refractivity contribution in [3.05, 3.63) is 0 Å². The lowest BCUT2D eigenvalue weighted by Gasteiger charge is -2.33. The van der Waals surface area contributed by atoms with Crippen LogP contribution in [-0.2, 0) is 14.3 Å². The van der Waals surface area contributed by atoms with E-state index in [1.807, 2.05) is 0 Å². The van der Waals surface area contributed by atoms with Crippen molar-refractivity contribution in [1.29, 1.82) is 0 Å². The van der Waals surface area contributed by atoms with E-state index in [9.17, 15) is 4.79 Å². The second kappa shape index (κ2) is 34.7. The van der Waals surface area contributed by atoms with Gasteiger partial charge < -0.3 is 36.0 Å². The Kier molecular flexibility index (Phi) is 36.3. The molecule has 1 unspecified atom stereocenters. The van der Waals surface area contributed by atoms with Crippen molar-refractivity contribution in [1.82, 2.24) is 0 Å². The molecule has 0 aromatic heterocycles. The van der Waals surface area contributed by atoms with E-state index >= 15 is 0 Å². The Labute approximate surface area is 280 Å². The summed E-state index contributed by atoms with van der Waals surface area (Å²) in [5.74, 6) is -0.708. The summed E-state index contributed by atoms with van der Waals surface area (Å²) in [5, 5.41) is 9.02. The number of aliphatic carboxylic acids is 1. The topological polar surface area (TPSA) is 55.8 Å². The standard InChI is InChI=1S/C37H75NO4.BrH/c1-5-7-9-11-13-15-17-19-21-23-25-27-32-41-35-36(34-38(3,4)31-29-30-37(39)40)42-33-28-26-24-22-20-18-16-14-12-10-8-6-2;/h36H,5-35H2,1-4H3;1H. The fraction of sp³-hybridized carbons (Fsp3) is 0.973. The third-order valence-corrected chi connectivity index (χ3v) is 8.65. The first-order valence-corrected chi connectivity index (χ1v) is 18.6. The van der Waals surface area contributed by atoms with Gasteiger partial charge in [-0.25, -0.2) is 0 Å². The molecule has 0 aliphatic carbocycles. The third kappa shape index (κ3) is 36.2. The Balaban J connectivity index is 0. The van der Waals surface area contributed by atoms with E-state index in [1.165, 1.54) is 141 Å². The van der Waals surface area contributed by atoms with Gasteiger partial charge in [-0.15, -0.1) is 0 Å². The van der Waals surface area contributed by atoms with Crippen molar-refractivity contribution in [2.75, 3.05) is 47.0 Å². The van der Waals surface area contributed by atoms with Crippen LogP contribution in [0.3, 0.4) is 0 Å². The molecule has 0 radical (unpaired) electrons. The van der Waals surface area contributed by atoms with Crippen molar-refractivity contribution in [2.45, 2.75) is 187 Å². The molecule has 0 rings (SSSR count). The minimum Gasteiger partial charge on any atom is -1.00 e. The number of nitrogens with zero attached hydrogens (tertiary/aromatic N) is 1. The molecule has 43 heavy (non-hydrogen) atoms. The van der Waals surface area contributed by atoms with Gasteiger partial charge in [-0.2, -0.15) is 0 Å². The smallest absolute Gasteiger partial charge is 0.303 e. The maximum Gasteiger partial charge on any atom is 0.303 e. The number of unbranched alkanes of at least 4 members (excludes halogenated alkanes) is 22. The lowest BCUT2D eigenvalue weighted by Crippen LogP contribution is -3.00. The molecule has 5 nitrogen and oxygen atoms in total. The van der Waals surface area contributed by atoms with Crippen LogP contribution in [0.5, 0.6) is 0 Å². The van der Waals surface area contributed by atoms with Crippen LogP contribution >= 0.6 is 0 Å². The fourth-order valence-corrected chi connectivity index (χ4v) is 5.91. The number of carboxylic acids is 1. The van der Waals surface area contributed by atoms with Gasteiger partial charge in [0, 0.05) is 19.6 Å². The largest absolute Gasteiger partial charge is 1.00 e. The average Bonchev–Trinajstić information content (AvgIpc) is 2.95. The SMILES string of the molecule is CCCCCCCCCCCCCCOCC(C[N+](C)(C)CCCC(=O)O)OCCCCCCCCCCCCCC.[Br-]. The number of halogens is 1. The summed E-state index contributed by atoms with van der Waals surface area (Å²) in [6.07, 6.45) is 33.5. The second-order valence-electron chi connectivity index (χ2n) is 13.7. The lowest BCUT2D eigenvalue weighted by atomic mass is 10.1. The molecule has 0 aromatic carbocycles. The highest BCUT2D eigenvalue weighted by Gasteiger charge is 2.23. The minimum absolute atomic E-state index is 0. The van der Waals surface area contributed by atoms with Crippen LogP contribution in [0.15, 0.2) is 0 Å². The maximum absolute atomic E-state index is 11.0. The van der Waals surface area contributed by atoms with Crippen molar-refractivity contribution < 1.29 is 40.8 Å². The number of likely N-dealkylation sites (N-methyl/N-ethyl adjacent to an activating group) is 1. The highest BCUT2D eigenvalue weighted by molar-refractivity contribution is 5.66. The van der Waals surface area contributed by atoms with Crippen molar-refractivity contribution >= 4 is 5.97 Å². The third-order valence-electron chi connectivity index (χ3n) is 8.65. The van der Waals surface area contributed by atoms with Gasteiger partial charge in [0.1, 0.15) is 12.6 Å². The van der Waals surface area contributed by atoms with Gasteiger partial charge >= 0.3 is 5.97 Å². The van der Waals surface area contributed by atoms with Crippen molar-refractivity contribution in [3.63, 3.8) is 0 Å². The molecule has 6 heteroatoms. The van der Waals surface area contributed by atoms with Gasteiger partial charge in [0.15, 0.2) is 0 Å². The Morgan fingerprint density at radius 1 is 0.581 bits per heavy atom. The van der Waals surface area contributed by atoms with Crippen LogP contribution in [-0.4, -0.2) is 68.7 Å². The molecular weight excluding hydrogens is 602 g/mol. The normalized spacial score (nSPS) is 12.4. The van der Waals surface area contributed by atoms with Gasteiger partial charge in [0.05, 0.1) is 33.7 Å². The van der Waals surface area contributed by atoms with Gasteiger partial charge in [0.2, 0.25) is 0 Å². The molecule has 1 atom stereocenters. The van der Waals surface area contributed by atoms with E-state index in [0.717, 1.165) is 43.6 Å². The maximum atomic E-state index is 11.0. The van der Waals surface area contributed by atoms with E-state index in [2.05, 4.69) is 27.9 Å². The summed E-state index contributed by atoms with van der Waals surface area (Å²) >= 11 is 0. The molecule has 0 aliphatic heterocycles. The average molecular weight is 679 g/mol. The van der Waals surface area contributed by atoms with Crippen LogP contribution in [0.1, 0.15) is 181 Å². The predicted molar refractivity (Wildman–Crippen MR) is 181 cm³/mol. The molecule has 1 N–H and O–H groups in total. The molecule has 0 fully saturated rings. The first kappa shape index (κ1) is 45.0. The second-order valence-corrected chi connectivity index (χ2v) is 13.7. The molecule has 0 aromatic rings. The highest BCUT2D eigenvalue weighted by Crippen LogP contribution is 2.14. The van der Waals surface area contributed by atoms with Crippen molar-refractivity contribution in [2.24, 2.45) is 0 Å². The van der Waals surface area contributed by atoms with Gasteiger partial charge in [-0.05, 0) is 12.8 Å². The van der Waals surface area contributed by atoms with Crippen LogP contribution in [0, 0.1) is 0 Å². The molecule has 0 heterocycles. The van der Waals surface area contributed by atoms with E-state index in [4.69, 9.17) is 14.6 Å². The Morgan fingerprint density at radius 3 is 1.35 bits per heavy atom. The summed E-state index contributed by atoms with van der Waals surface area (Å²) in [7, 11) is 4.38. The number of hydrogen-bond donors (Lipinski definition) is 1. The summed E-state index contributed by atoms with van der Waals surface area (Å²) < 4.78 is 13.2. The number of ether oxygens (including phenoxy) is 2. The fourth-order valence-electron chi connectivity index (χ4n) is 5.91. The number of hydrogen-bond acceptors (Lipinski definition) is 3. The molecule has 0 spiro atoms. The zero-order chi connectivity index (χ0) is 31.0. The van der Waals surface area contributed by atoms with Crippen LogP contribution in [0.4, 0.5) is 0 Å². The van der Waals surface area contributed by atoms with E-state index in [-0.39, 0.29) is 29.5 Å². The zero-order valence-electron chi connectivity index (χ0n) is 29.5. The zero-order valence-corrected chi connectivity index (χ0v) is 31.1. The van der Waals surface area contributed by atoms with E-state index < -0.39 is 5.97 Å². The summed E-state index contributed by atoms with van der Waals surface area (Å²) in [4.78, 5) is 11.0. The summed E-state index contributed by atoms with van der Waals surface area (Å²) in [5.41, 5.74) is 0. The number of quaternary nitrogens is 1. The van der Waals surface area contributed by atoms with Gasteiger partial charge in [-0.3, -0.25) is 4.79 Å². The van der Waals surface area contributed by atoms with Crippen LogP contribution in [0.25, 0.3) is 0 Å². The minimum atomic E-state index is -0.708. The Morgan fingerprint density at radius 2 is 0.953 bits per heavy atom. The Bertz CT molecular complexity index is 561. The monoisotopic (exact) mass is 677 g/mol. The first-order chi connectivity index (χ1) is 20.4. The molecule has 0 saturated heterocycles. The predicted octanol–water partition coefficient (Wildman–Crippen LogP) is 7.74. The highest BCUT2D eigenvalue weighted by atomic mass is 79.9. The van der Waals surface area contributed by atoms with Crippen LogP contribution in [0.2, 0.25) is 0 Å². The lowest BCUT2D eigenvalue weighted by molar-refractivity contribution is -0.893. The quantitative estimate of drug-likeness (QED) is 0.0551. The molecule has 0 aliphatic rings. The van der Waals surface area contributed by atoms with Gasteiger partial charge in [0.25, 0.3) is 0 Å². The van der Waals surface area contributed by atoms with Gasteiger partial charge in [-0.1, -0.05) is 155 Å². The Hall–Kier alpha value is -0.170. The summed E-state index contributed by atoms with van der Waals surface area (Å²) in [6.45, 7) is 8.56. The first-order valence-electron chi connectivity index (χ1n) is 18.6. The number of carbonyl (C=O) groups is 1. The number of rotatable bonds is 35. The van der Waals surface area contributed by atoms with Crippen molar-refractivity contribution in [3.8, 4) is 0 Å². The van der Waals surface area contributed by atoms with Crippen LogP contribution < -0.4 is 17.0 Å². The summed E-state index contributed by atoms with van der Waals surface area (Å²) in [6, 6.07) is 0. The van der Waals surface area contributed by atoms with E-state index in [0.29, 0.717) is 13.0 Å². The molecule has 0 saturated carbocycles.